The third-order valence-corrected chi connectivity index (χ3v) is 3.71. The first-order valence-electron chi connectivity index (χ1n) is 8.55. The molecule has 148 valence electrons. The van der Waals surface area contributed by atoms with Crippen LogP contribution in [-0.2, 0) is 4.79 Å². The van der Waals surface area contributed by atoms with Gasteiger partial charge in [-0.25, -0.2) is 5.43 Å². The van der Waals surface area contributed by atoms with Crippen molar-refractivity contribution in [3.05, 3.63) is 52.5 Å². The number of hydrazone groups is 1. The SMILES string of the molecule is COc1cc(C=NNC(=O)c2cccc(NC(C)=O)c2)cc(Cl)c1OC(C)C. The van der Waals surface area contributed by atoms with Crippen LogP contribution in [0.2, 0.25) is 5.02 Å². The van der Waals surface area contributed by atoms with Gasteiger partial charge < -0.3 is 14.8 Å². The Labute approximate surface area is 168 Å². The molecule has 0 unspecified atom stereocenters. The van der Waals surface area contributed by atoms with E-state index in [4.69, 9.17) is 21.1 Å². The fourth-order valence-corrected chi connectivity index (χ4v) is 2.60. The first-order chi connectivity index (χ1) is 13.3. The summed E-state index contributed by atoms with van der Waals surface area (Å²) in [5.74, 6) is 0.291. The number of benzene rings is 2. The van der Waals surface area contributed by atoms with Gasteiger partial charge in [0, 0.05) is 18.2 Å². The van der Waals surface area contributed by atoms with Crippen molar-refractivity contribution in [3.8, 4) is 11.5 Å². The summed E-state index contributed by atoms with van der Waals surface area (Å²) < 4.78 is 11.0. The zero-order chi connectivity index (χ0) is 20.7. The van der Waals surface area contributed by atoms with Crippen molar-refractivity contribution in [2.24, 2.45) is 5.10 Å². The molecule has 0 saturated carbocycles. The standard InChI is InChI=1S/C20H22ClN3O4/c1-12(2)28-19-17(21)8-14(9-18(19)27-4)11-22-24-20(26)15-6-5-7-16(10-15)23-13(3)25/h5-12H,1-4H3,(H,23,25)(H,24,26). The largest absolute Gasteiger partial charge is 0.493 e. The van der Waals surface area contributed by atoms with E-state index < -0.39 is 5.91 Å². The van der Waals surface area contributed by atoms with Crippen molar-refractivity contribution in [1.29, 1.82) is 0 Å². The van der Waals surface area contributed by atoms with Gasteiger partial charge in [0.1, 0.15) is 0 Å². The van der Waals surface area contributed by atoms with E-state index in [0.29, 0.717) is 33.3 Å². The van der Waals surface area contributed by atoms with Crippen molar-refractivity contribution in [2.45, 2.75) is 26.9 Å². The molecule has 0 aliphatic carbocycles. The Morgan fingerprint density at radius 3 is 2.61 bits per heavy atom. The smallest absolute Gasteiger partial charge is 0.271 e. The fraction of sp³-hybridized carbons (Fsp3) is 0.250. The van der Waals surface area contributed by atoms with E-state index >= 15 is 0 Å². The summed E-state index contributed by atoms with van der Waals surface area (Å²) in [5.41, 5.74) is 3.95. The van der Waals surface area contributed by atoms with E-state index in [1.807, 2.05) is 13.8 Å². The quantitative estimate of drug-likeness (QED) is 0.542. The first kappa shape index (κ1) is 21.2. The lowest BCUT2D eigenvalue weighted by molar-refractivity contribution is -0.114. The second-order valence-corrected chi connectivity index (χ2v) is 6.57. The molecule has 2 rings (SSSR count). The van der Waals surface area contributed by atoms with Crippen LogP contribution in [0.1, 0.15) is 36.7 Å². The van der Waals surface area contributed by atoms with Crippen LogP contribution in [0.25, 0.3) is 0 Å². The van der Waals surface area contributed by atoms with Crippen LogP contribution in [0, 0.1) is 0 Å². The molecule has 2 aromatic carbocycles. The summed E-state index contributed by atoms with van der Waals surface area (Å²) in [4.78, 5) is 23.4. The minimum Gasteiger partial charge on any atom is -0.493 e. The van der Waals surface area contributed by atoms with Gasteiger partial charge in [-0.05, 0) is 49.7 Å². The number of anilines is 1. The molecule has 0 aliphatic heterocycles. The van der Waals surface area contributed by atoms with Crippen molar-refractivity contribution in [3.63, 3.8) is 0 Å². The van der Waals surface area contributed by atoms with E-state index in [-0.39, 0.29) is 12.0 Å². The number of nitrogens with one attached hydrogen (secondary N) is 2. The highest BCUT2D eigenvalue weighted by Gasteiger charge is 2.13. The molecular weight excluding hydrogens is 382 g/mol. The Morgan fingerprint density at radius 2 is 1.96 bits per heavy atom. The lowest BCUT2D eigenvalue weighted by Crippen LogP contribution is -2.18. The lowest BCUT2D eigenvalue weighted by atomic mass is 10.2. The van der Waals surface area contributed by atoms with Crippen LogP contribution >= 0.6 is 11.6 Å². The fourth-order valence-electron chi connectivity index (χ4n) is 2.34. The second kappa shape index (κ2) is 9.75. The Morgan fingerprint density at radius 1 is 1.21 bits per heavy atom. The van der Waals surface area contributed by atoms with Gasteiger partial charge >= 0.3 is 0 Å². The third kappa shape index (κ3) is 5.99. The molecular formula is C20H22ClN3O4. The van der Waals surface area contributed by atoms with E-state index in [9.17, 15) is 9.59 Å². The topological polar surface area (TPSA) is 89.0 Å². The van der Waals surface area contributed by atoms with Gasteiger partial charge in [0.05, 0.1) is 24.5 Å². The number of hydrogen-bond donors (Lipinski definition) is 2. The minimum atomic E-state index is -0.415. The maximum atomic E-state index is 12.2. The zero-order valence-electron chi connectivity index (χ0n) is 16.1. The van der Waals surface area contributed by atoms with Gasteiger partial charge in [0.2, 0.25) is 5.91 Å². The Hall–Kier alpha value is -3.06. The molecule has 0 fully saturated rings. The molecule has 2 N–H and O–H groups in total. The molecule has 7 nitrogen and oxygen atoms in total. The van der Waals surface area contributed by atoms with E-state index in [2.05, 4.69) is 15.8 Å². The molecule has 2 amide bonds. The van der Waals surface area contributed by atoms with Crippen LogP contribution in [0.3, 0.4) is 0 Å². The summed E-state index contributed by atoms with van der Waals surface area (Å²) in [6.07, 6.45) is 1.39. The normalized spacial score (nSPS) is 10.8. The van der Waals surface area contributed by atoms with Gasteiger partial charge in [0.25, 0.3) is 5.91 Å². The maximum Gasteiger partial charge on any atom is 0.271 e. The number of hydrogen-bond acceptors (Lipinski definition) is 5. The summed E-state index contributed by atoms with van der Waals surface area (Å²) in [6, 6.07) is 9.91. The lowest BCUT2D eigenvalue weighted by Gasteiger charge is -2.15. The number of ether oxygens (including phenoxy) is 2. The third-order valence-electron chi connectivity index (χ3n) is 3.43. The van der Waals surface area contributed by atoms with Gasteiger partial charge in [-0.3, -0.25) is 9.59 Å². The van der Waals surface area contributed by atoms with Crippen LogP contribution in [0.4, 0.5) is 5.69 Å². The molecule has 0 saturated heterocycles. The van der Waals surface area contributed by atoms with Crippen molar-refractivity contribution in [1.82, 2.24) is 5.43 Å². The molecule has 0 aliphatic rings. The van der Waals surface area contributed by atoms with E-state index in [1.165, 1.54) is 20.2 Å². The van der Waals surface area contributed by atoms with E-state index in [0.717, 1.165) is 0 Å². The number of carbonyl (C=O) groups excluding carboxylic acids is 2. The number of rotatable bonds is 7. The van der Waals surface area contributed by atoms with Crippen LogP contribution in [0.5, 0.6) is 11.5 Å². The molecule has 0 radical (unpaired) electrons. The highest BCUT2D eigenvalue weighted by atomic mass is 35.5. The Balaban J connectivity index is 2.11. The number of methoxy groups -OCH3 is 1. The maximum absolute atomic E-state index is 12.2. The highest BCUT2D eigenvalue weighted by molar-refractivity contribution is 6.32. The Bertz CT molecular complexity index is 897. The van der Waals surface area contributed by atoms with Gasteiger partial charge in [0.15, 0.2) is 11.5 Å². The highest BCUT2D eigenvalue weighted by Crippen LogP contribution is 2.36. The first-order valence-corrected chi connectivity index (χ1v) is 8.93. The average molecular weight is 404 g/mol. The zero-order valence-corrected chi connectivity index (χ0v) is 16.8. The Kier molecular flexibility index (Phi) is 7.40. The molecule has 0 spiro atoms. The van der Waals surface area contributed by atoms with Crippen molar-refractivity contribution >= 4 is 35.3 Å². The second-order valence-electron chi connectivity index (χ2n) is 6.16. The van der Waals surface area contributed by atoms with Crippen LogP contribution in [0.15, 0.2) is 41.5 Å². The average Bonchev–Trinajstić information content (AvgIpc) is 2.63. The summed E-state index contributed by atoms with van der Waals surface area (Å²) in [7, 11) is 1.52. The van der Waals surface area contributed by atoms with Crippen LogP contribution in [-0.4, -0.2) is 31.2 Å². The van der Waals surface area contributed by atoms with Gasteiger partial charge in [-0.1, -0.05) is 17.7 Å². The van der Waals surface area contributed by atoms with Crippen molar-refractivity contribution < 1.29 is 19.1 Å². The summed E-state index contributed by atoms with van der Waals surface area (Å²) in [5, 5.41) is 6.95. The molecule has 0 atom stereocenters. The van der Waals surface area contributed by atoms with Crippen molar-refractivity contribution in [2.75, 3.05) is 12.4 Å². The molecule has 8 heteroatoms. The van der Waals surface area contributed by atoms with Crippen LogP contribution < -0.4 is 20.2 Å². The number of nitrogens with zero attached hydrogens (tertiary/aromatic N) is 1. The number of halogens is 1. The molecule has 2 aromatic rings. The molecule has 0 bridgehead atoms. The summed E-state index contributed by atoms with van der Waals surface area (Å²) in [6.45, 7) is 5.18. The van der Waals surface area contributed by atoms with E-state index in [1.54, 1.807) is 36.4 Å². The molecule has 0 aromatic heterocycles. The number of amides is 2. The predicted octanol–water partition coefficient (Wildman–Crippen LogP) is 3.86. The predicted molar refractivity (Wildman–Crippen MR) is 110 cm³/mol. The van der Waals surface area contributed by atoms with Gasteiger partial charge in [-0.15, -0.1) is 0 Å². The number of carbonyl (C=O) groups is 2. The summed E-state index contributed by atoms with van der Waals surface area (Å²) >= 11 is 6.27. The monoisotopic (exact) mass is 403 g/mol. The molecule has 28 heavy (non-hydrogen) atoms. The minimum absolute atomic E-state index is 0.0570. The molecule has 0 heterocycles. The van der Waals surface area contributed by atoms with Gasteiger partial charge in [-0.2, -0.15) is 5.10 Å².